The van der Waals surface area contributed by atoms with E-state index < -0.39 is 0 Å². The fraction of sp³-hybridized carbons (Fsp3) is 0.286. The van der Waals surface area contributed by atoms with Crippen molar-refractivity contribution in [1.82, 2.24) is 30.0 Å². The number of aromatic nitrogens is 4. The lowest BCUT2D eigenvalue weighted by atomic mass is 10.1. The van der Waals surface area contributed by atoms with Crippen molar-refractivity contribution in [2.45, 2.75) is 26.3 Å². The second-order valence-electron chi connectivity index (χ2n) is 7.21. The first-order valence-corrected chi connectivity index (χ1v) is 9.51. The number of hydrogen-bond acceptors (Lipinski definition) is 5. The zero-order valence-electron chi connectivity index (χ0n) is 16.4. The highest BCUT2D eigenvalue weighted by atomic mass is 16.2. The summed E-state index contributed by atoms with van der Waals surface area (Å²) in [6.07, 6.45) is 3.97. The third-order valence-corrected chi connectivity index (χ3v) is 4.93. The van der Waals surface area contributed by atoms with Gasteiger partial charge in [0.2, 0.25) is 0 Å². The van der Waals surface area contributed by atoms with Gasteiger partial charge in [-0.15, -0.1) is 0 Å². The van der Waals surface area contributed by atoms with E-state index in [1.807, 2.05) is 44.3 Å². The number of aryl methyl sites for hydroxylation is 2. The molecule has 1 saturated heterocycles. The van der Waals surface area contributed by atoms with E-state index >= 15 is 0 Å². The number of hydrogen-bond donors (Lipinski definition) is 1. The van der Waals surface area contributed by atoms with Gasteiger partial charge in [0.25, 0.3) is 11.8 Å². The largest absolute Gasteiger partial charge is 0.347 e. The van der Waals surface area contributed by atoms with Crippen molar-refractivity contribution in [3.63, 3.8) is 0 Å². The molecule has 0 saturated carbocycles. The molecule has 4 rings (SSSR count). The highest BCUT2D eigenvalue weighted by Gasteiger charge is 2.29. The lowest BCUT2D eigenvalue weighted by Gasteiger charge is -2.17. The van der Waals surface area contributed by atoms with Crippen LogP contribution in [0, 0.1) is 13.8 Å². The van der Waals surface area contributed by atoms with Crippen LogP contribution in [-0.2, 0) is 0 Å². The normalized spacial score (nSPS) is 16.1. The Hall–Kier alpha value is -3.55. The van der Waals surface area contributed by atoms with Crippen molar-refractivity contribution in [2.24, 2.45) is 0 Å². The Bertz CT molecular complexity index is 1060. The molecule has 1 atom stereocenters. The van der Waals surface area contributed by atoms with E-state index in [0.29, 0.717) is 30.8 Å². The van der Waals surface area contributed by atoms with Crippen LogP contribution in [0.5, 0.6) is 0 Å². The van der Waals surface area contributed by atoms with Crippen molar-refractivity contribution in [1.29, 1.82) is 0 Å². The van der Waals surface area contributed by atoms with Crippen LogP contribution < -0.4 is 5.32 Å². The number of nitrogens with zero attached hydrogens (tertiary/aromatic N) is 5. The summed E-state index contributed by atoms with van der Waals surface area (Å²) >= 11 is 0. The van der Waals surface area contributed by atoms with Crippen molar-refractivity contribution in [3.05, 3.63) is 71.6 Å². The van der Waals surface area contributed by atoms with Crippen molar-refractivity contribution >= 4 is 11.8 Å². The summed E-state index contributed by atoms with van der Waals surface area (Å²) in [5, 5.41) is 7.41. The van der Waals surface area contributed by atoms with Gasteiger partial charge in [-0.2, -0.15) is 5.10 Å². The monoisotopic (exact) mass is 390 g/mol. The number of amides is 2. The Morgan fingerprint density at radius 1 is 1.10 bits per heavy atom. The zero-order valence-corrected chi connectivity index (χ0v) is 16.4. The number of carbonyl (C=O) groups is 2. The predicted molar refractivity (Wildman–Crippen MR) is 107 cm³/mol. The first kappa shape index (κ1) is 18.8. The Kier molecular flexibility index (Phi) is 5.07. The molecule has 0 spiro atoms. The summed E-state index contributed by atoms with van der Waals surface area (Å²) in [7, 11) is 0. The molecule has 1 N–H and O–H groups in total. The van der Waals surface area contributed by atoms with Crippen LogP contribution in [-0.4, -0.2) is 55.6 Å². The van der Waals surface area contributed by atoms with Crippen molar-refractivity contribution < 1.29 is 9.59 Å². The Balaban J connectivity index is 1.40. The number of rotatable bonds is 4. The maximum absolute atomic E-state index is 12.7. The summed E-state index contributed by atoms with van der Waals surface area (Å²) in [4.78, 5) is 35.1. The highest BCUT2D eigenvalue weighted by molar-refractivity contribution is 5.95. The first-order chi connectivity index (χ1) is 14.0. The SMILES string of the molecule is Cc1cc(C(=O)N2CC[C@@H](NC(=O)c3cccc(-n4ccc(C)n4)c3)C2)ncn1. The van der Waals surface area contributed by atoms with Gasteiger partial charge in [-0.1, -0.05) is 6.07 Å². The van der Waals surface area contributed by atoms with Gasteiger partial charge in [0, 0.05) is 36.6 Å². The number of likely N-dealkylation sites (tertiary alicyclic amines) is 1. The van der Waals surface area contributed by atoms with Gasteiger partial charge in [0.1, 0.15) is 12.0 Å². The summed E-state index contributed by atoms with van der Waals surface area (Å²) in [5.74, 6) is -0.295. The fourth-order valence-electron chi connectivity index (χ4n) is 3.41. The first-order valence-electron chi connectivity index (χ1n) is 9.51. The van der Waals surface area contributed by atoms with Crippen LogP contribution in [0.4, 0.5) is 0 Å². The fourth-order valence-corrected chi connectivity index (χ4v) is 3.41. The zero-order chi connectivity index (χ0) is 20.4. The van der Waals surface area contributed by atoms with E-state index in [2.05, 4.69) is 20.4 Å². The van der Waals surface area contributed by atoms with Gasteiger partial charge in [-0.05, 0) is 50.6 Å². The molecule has 3 aromatic rings. The van der Waals surface area contributed by atoms with E-state index in [1.54, 1.807) is 21.7 Å². The predicted octanol–water partition coefficient (Wildman–Crippen LogP) is 1.92. The summed E-state index contributed by atoms with van der Waals surface area (Å²) in [6.45, 7) is 4.79. The highest BCUT2D eigenvalue weighted by Crippen LogP contribution is 2.15. The van der Waals surface area contributed by atoms with E-state index in [-0.39, 0.29) is 17.9 Å². The maximum Gasteiger partial charge on any atom is 0.272 e. The minimum absolute atomic E-state index is 0.0926. The van der Waals surface area contributed by atoms with Gasteiger partial charge >= 0.3 is 0 Å². The van der Waals surface area contributed by atoms with Crippen LogP contribution in [0.1, 0.15) is 38.7 Å². The smallest absolute Gasteiger partial charge is 0.272 e. The van der Waals surface area contributed by atoms with E-state index in [9.17, 15) is 9.59 Å². The van der Waals surface area contributed by atoms with Crippen LogP contribution in [0.25, 0.3) is 5.69 Å². The molecule has 1 aromatic carbocycles. The number of benzene rings is 1. The summed E-state index contributed by atoms with van der Waals surface area (Å²) in [5.41, 5.74) is 3.43. The molecule has 8 nitrogen and oxygen atoms in total. The average molecular weight is 390 g/mol. The third-order valence-electron chi connectivity index (χ3n) is 4.93. The summed E-state index contributed by atoms with van der Waals surface area (Å²) < 4.78 is 1.74. The number of carbonyl (C=O) groups excluding carboxylic acids is 2. The molecule has 2 aromatic heterocycles. The molecule has 0 unspecified atom stereocenters. The van der Waals surface area contributed by atoms with Crippen LogP contribution >= 0.6 is 0 Å². The van der Waals surface area contributed by atoms with Gasteiger partial charge in [-0.25, -0.2) is 14.6 Å². The standard InChI is InChI=1S/C21H22N6O2/c1-14-6-9-27(25-14)18-5-3-4-16(11-18)20(28)24-17-7-8-26(12-17)21(29)19-10-15(2)22-13-23-19/h3-6,9-11,13,17H,7-8,12H2,1-2H3,(H,24,28)/t17-/m1/s1. The molecular formula is C21H22N6O2. The molecule has 8 heteroatoms. The van der Waals surface area contributed by atoms with Gasteiger partial charge in [0.15, 0.2) is 0 Å². The second-order valence-corrected chi connectivity index (χ2v) is 7.21. The molecule has 0 radical (unpaired) electrons. The van der Waals surface area contributed by atoms with Gasteiger partial charge in [0.05, 0.1) is 11.4 Å². The molecule has 0 aliphatic carbocycles. The quantitative estimate of drug-likeness (QED) is 0.735. The molecule has 1 aliphatic heterocycles. The van der Waals surface area contributed by atoms with Gasteiger partial charge in [-0.3, -0.25) is 9.59 Å². The minimum Gasteiger partial charge on any atom is -0.347 e. The van der Waals surface area contributed by atoms with Crippen molar-refractivity contribution in [3.8, 4) is 5.69 Å². The topological polar surface area (TPSA) is 93.0 Å². The summed E-state index contributed by atoms with van der Waals surface area (Å²) in [6, 6.07) is 10.8. The lowest BCUT2D eigenvalue weighted by Crippen LogP contribution is -2.38. The van der Waals surface area contributed by atoms with Crippen molar-refractivity contribution in [2.75, 3.05) is 13.1 Å². The van der Waals surface area contributed by atoms with Crippen LogP contribution in [0.15, 0.2) is 48.9 Å². The van der Waals surface area contributed by atoms with Crippen LogP contribution in [0.3, 0.4) is 0 Å². The van der Waals surface area contributed by atoms with E-state index in [4.69, 9.17) is 0 Å². The average Bonchev–Trinajstić information content (AvgIpc) is 3.36. The third kappa shape index (κ3) is 4.16. The minimum atomic E-state index is -0.159. The second kappa shape index (κ2) is 7.83. The molecule has 1 fully saturated rings. The van der Waals surface area contributed by atoms with E-state index in [1.165, 1.54) is 6.33 Å². The van der Waals surface area contributed by atoms with Gasteiger partial charge < -0.3 is 10.2 Å². The Morgan fingerprint density at radius 3 is 2.72 bits per heavy atom. The van der Waals surface area contributed by atoms with E-state index in [0.717, 1.165) is 17.1 Å². The Labute approximate surface area is 168 Å². The molecule has 2 amide bonds. The maximum atomic E-state index is 12.7. The number of nitrogens with one attached hydrogen (secondary N) is 1. The molecule has 3 heterocycles. The molecule has 29 heavy (non-hydrogen) atoms. The lowest BCUT2D eigenvalue weighted by molar-refractivity contribution is 0.0777. The van der Waals surface area contributed by atoms with Crippen LogP contribution in [0.2, 0.25) is 0 Å². The Morgan fingerprint density at radius 2 is 1.97 bits per heavy atom. The molecular weight excluding hydrogens is 368 g/mol. The molecule has 0 bridgehead atoms. The molecule has 148 valence electrons. The molecule has 1 aliphatic rings.